The molecule has 8 nitrogen and oxygen atoms in total. The van der Waals surface area contributed by atoms with E-state index in [0.29, 0.717) is 38.8 Å². The fraction of sp³-hybridized carbons (Fsp3) is 0.933. The van der Waals surface area contributed by atoms with Crippen LogP contribution in [0.25, 0.3) is 0 Å². The first kappa shape index (κ1) is 52.4. The summed E-state index contributed by atoms with van der Waals surface area (Å²) >= 11 is 4.62. The third kappa shape index (κ3) is 38.6. The maximum Gasteiger partial charge on any atom is 0.407 e. The predicted molar refractivity (Wildman–Crippen MR) is 232 cm³/mol. The second-order valence-electron chi connectivity index (χ2n) is 15.9. The molecule has 0 aromatic heterocycles. The minimum Gasteiger partial charge on any atom is -0.450 e. The number of hydrogen-bond acceptors (Lipinski definition) is 6. The van der Waals surface area contributed by atoms with E-state index in [9.17, 15) is 14.4 Å². The van der Waals surface area contributed by atoms with Crippen LogP contribution >= 0.6 is 12.6 Å². The lowest BCUT2D eigenvalue weighted by Gasteiger charge is -2.20. The Balaban J connectivity index is 3.63. The van der Waals surface area contributed by atoms with Gasteiger partial charge in [0.15, 0.2) is 0 Å². The summed E-state index contributed by atoms with van der Waals surface area (Å²) in [5, 5.41) is 5.43. The van der Waals surface area contributed by atoms with Gasteiger partial charge in [-0.25, -0.2) is 9.59 Å². The van der Waals surface area contributed by atoms with Crippen molar-refractivity contribution in [1.82, 2.24) is 10.6 Å². The van der Waals surface area contributed by atoms with E-state index in [1.54, 1.807) is 0 Å². The van der Waals surface area contributed by atoms with Gasteiger partial charge in [0.1, 0.15) is 0 Å². The molecule has 0 saturated carbocycles. The molecule has 2 unspecified atom stereocenters. The summed E-state index contributed by atoms with van der Waals surface area (Å²) in [6, 6.07) is 0. The Labute approximate surface area is 339 Å². The van der Waals surface area contributed by atoms with Crippen molar-refractivity contribution in [3.8, 4) is 0 Å². The monoisotopic (exact) mass is 784 g/mol. The van der Waals surface area contributed by atoms with Crippen LogP contribution in [0.15, 0.2) is 0 Å². The second kappa shape index (κ2) is 42.5. The van der Waals surface area contributed by atoms with Gasteiger partial charge < -0.3 is 25.8 Å². The quantitative estimate of drug-likeness (QED) is 0.0363. The zero-order chi connectivity index (χ0) is 39.6. The van der Waals surface area contributed by atoms with Crippen LogP contribution in [-0.2, 0) is 14.3 Å². The van der Waals surface area contributed by atoms with Gasteiger partial charge in [-0.1, -0.05) is 194 Å². The van der Waals surface area contributed by atoms with Gasteiger partial charge in [-0.2, -0.15) is 12.6 Å². The van der Waals surface area contributed by atoms with Crippen molar-refractivity contribution in [2.75, 3.05) is 26.3 Å². The van der Waals surface area contributed by atoms with Crippen molar-refractivity contribution in [1.29, 1.82) is 0 Å². The molecule has 0 aliphatic heterocycles. The van der Waals surface area contributed by atoms with Crippen LogP contribution in [0, 0.1) is 5.92 Å². The standard InChI is InChI=1S/C45H89N3O5S/c1-3-5-7-9-11-13-15-17-19-21-23-25-27-29-31-37-47-44(50)52-39-33-35-41(43(46)49)42(54)36-34-40-53-45(51)48-38-32-30-28-26-24-22-20-18-16-14-12-10-8-6-4-2/h41-42,54H,3-40H2,1-2H3,(H2,46,49)(H,47,50)(H,48,51). The number of ether oxygens (including phenoxy) is 2. The van der Waals surface area contributed by atoms with Gasteiger partial charge in [-0.15, -0.1) is 0 Å². The molecule has 54 heavy (non-hydrogen) atoms. The smallest absolute Gasteiger partial charge is 0.407 e. The molecule has 9 heteroatoms. The van der Waals surface area contributed by atoms with E-state index in [2.05, 4.69) is 37.1 Å². The van der Waals surface area contributed by atoms with Crippen LogP contribution in [0.3, 0.4) is 0 Å². The molecule has 3 amide bonds. The van der Waals surface area contributed by atoms with Gasteiger partial charge in [0, 0.05) is 24.3 Å². The van der Waals surface area contributed by atoms with Crippen LogP contribution in [0.5, 0.6) is 0 Å². The minimum atomic E-state index is -0.431. The van der Waals surface area contributed by atoms with Gasteiger partial charge in [0.05, 0.1) is 13.2 Å². The molecule has 0 saturated heterocycles. The fourth-order valence-corrected chi connectivity index (χ4v) is 7.61. The number of nitrogens with one attached hydrogen (secondary N) is 2. The van der Waals surface area contributed by atoms with Crippen molar-refractivity contribution >= 4 is 30.7 Å². The number of carbonyl (C=O) groups excluding carboxylic acids is 3. The molecule has 0 bridgehead atoms. The van der Waals surface area contributed by atoms with Crippen LogP contribution in [-0.4, -0.2) is 49.6 Å². The summed E-state index contributed by atoms with van der Waals surface area (Å²) in [4.78, 5) is 36.2. The fourth-order valence-electron chi connectivity index (χ4n) is 7.13. The Hall–Kier alpha value is -1.64. The highest BCUT2D eigenvalue weighted by molar-refractivity contribution is 7.81. The summed E-state index contributed by atoms with van der Waals surface area (Å²) in [6.07, 6.45) is 40.9. The summed E-state index contributed by atoms with van der Waals surface area (Å²) in [7, 11) is 0. The number of nitrogens with two attached hydrogens (primary N) is 1. The molecular weight excluding hydrogens is 695 g/mol. The zero-order valence-corrected chi connectivity index (χ0v) is 36.5. The number of primary amides is 1. The third-order valence-corrected chi connectivity index (χ3v) is 11.3. The average molecular weight is 784 g/mol. The van der Waals surface area contributed by atoms with E-state index < -0.39 is 24.0 Å². The van der Waals surface area contributed by atoms with E-state index in [0.717, 1.165) is 25.7 Å². The van der Waals surface area contributed by atoms with Crippen molar-refractivity contribution in [2.24, 2.45) is 11.7 Å². The molecule has 0 aliphatic rings. The molecule has 0 aliphatic carbocycles. The molecule has 320 valence electrons. The Bertz CT molecular complexity index is 833. The molecule has 0 rings (SSSR count). The summed E-state index contributed by atoms with van der Waals surface area (Å²) in [6.45, 7) is 6.31. The molecule has 4 N–H and O–H groups in total. The minimum absolute atomic E-state index is 0.234. The Morgan fingerprint density at radius 2 is 0.722 bits per heavy atom. The van der Waals surface area contributed by atoms with Crippen molar-refractivity contribution in [2.45, 2.75) is 237 Å². The number of hydrogen-bond donors (Lipinski definition) is 4. The first-order valence-electron chi connectivity index (χ1n) is 23.2. The highest BCUT2D eigenvalue weighted by atomic mass is 32.1. The number of carbonyl (C=O) groups is 3. The third-order valence-electron chi connectivity index (χ3n) is 10.7. The zero-order valence-electron chi connectivity index (χ0n) is 35.6. The molecular formula is C45H89N3O5S. The van der Waals surface area contributed by atoms with E-state index in [1.165, 1.54) is 167 Å². The number of thiol groups is 1. The van der Waals surface area contributed by atoms with Crippen LogP contribution < -0.4 is 16.4 Å². The van der Waals surface area contributed by atoms with Gasteiger partial charge in [-0.3, -0.25) is 4.79 Å². The van der Waals surface area contributed by atoms with E-state index >= 15 is 0 Å². The normalized spacial score (nSPS) is 12.4. The van der Waals surface area contributed by atoms with E-state index in [-0.39, 0.29) is 18.5 Å². The maximum absolute atomic E-state index is 12.1. The van der Waals surface area contributed by atoms with E-state index in [4.69, 9.17) is 15.2 Å². The molecule has 0 radical (unpaired) electrons. The maximum atomic E-state index is 12.1. The van der Waals surface area contributed by atoms with Crippen LogP contribution in [0.1, 0.15) is 232 Å². The van der Waals surface area contributed by atoms with Crippen LogP contribution in [0.4, 0.5) is 9.59 Å². The number of alkyl carbamates (subject to hydrolysis) is 2. The van der Waals surface area contributed by atoms with Gasteiger partial charge in [-0.05, 0) is 38.5 Å². The summed E-state index contributed by atoms with van der Waals surface area (Å²) in [5.41, 5.74) is 5.65. The lowest BCUT2D eigenvalue weighted by Crippen LogP contribution is -2.32. The lowest BCUT2D eigenvalue weighted by atomic mass is 9.95. The first-order valence-corrected chi connectivity index (χ1v) is 23.7. The van der Waals surface area contributed by atoms with Gasteiger partial charge in [0.2, 0.25) is 5.91 Å². The first-order chi connectivity index (χ1) is 26.4. The molecule has 0 heterocycles. The highest BCUT2D eigenvalue weighted by Gasteiger charge is 2.23. The van der Waals surface area contributed by atoms with E-state index in [1.807, 2.05) is 0 Å². The second-order valence-corrected chi connectivity index (χ2v) is 16.5. The van der Waals surface area contributed by atoms with Gasteiger partial charge >= 0.3 is 12.2 Å². The summed E-state index contributed by atoms with van der Waals surface area (Å²) < 4.78 is 10.6. The Morgan fingerprint density at radius 3 is 1.02 bits per heavy atom. The molecule has 0 spiro atoms. The lowest BCUT2D eigenvalue weighted by molar-refractivity contribution is -0.122. The Kier molecular flexibility index (Phi) is 41.2. The average Bonchev–Trinajstić information content (AvgIpc) is 3.15. The molecule has 0 aromatic carbocycles. The number of rotatable bonds is 42. The largest absolute Gasteiger partial charge is 0.450 e. The topological polar surface area (TPSA) is 120 Å². The number of amides is 3. The van der Waals surface area contributed by atoms with Crippen LogP contribution in [0.2, 0.25) is 0 Å². The highest BCUT2D eigenvalue weighted by Crippen LogP contribution is 2.21. The Morgan fingerprint density at radius 1 is 0.444 bits per heavy atom. The predicted octanol–water partition coefficient (Wildman–Crippen LogP) is 13.1. The molecule has 0 aromatic rings. The van der Waals surface area contributed by atoms with Crippen molar-refractivity contribution in [3.05, 3.63) is 0 Å². The number of unbranched alkanes of at least 4 members (excludes halogenated alkanes) is 28. The SMILES string of the molecule is CCCCCCCCCCCCCCCCCNC(=O)OCCCC(S)C(CCCOC(=O)NCCCCCCCCCCCCCCCCC)C(N)=O. The van der Waals surface area contributed by atoms with Gasteiger partial charge in [0.25, 0.3) is 0 Å². The molecule has 0 fully saturated rings. The molecule has 2 atom stereocenters. The summed E-state index contributed by atoms with van der Waals surface area (Å²) in [5.74, 6) is -0.839. The van der Waals surface area contributed by atoms with Crippen molar-refractivity contribution in [3.63, 3.8) is 0 Å². The van der Waals surface area contributed by atoms with Crippen molar-refractivity contribution < 1.29 is 23.9 Å².